The topological polar surface area (TPSA) is 76.5 Å². The molecule has 32 heavy (non-hydrogen) atoms. The van der Waals surface area contributed by atoms with Crippen molar-refractivity contribution >= 4 is 29.2 Å². The molecule has 0 saturated carbocycles. The Kier molecular flexibility index (Phi) is 6.89. The van der Waals surface area contributed by atoms with E-state index in [1.54, 1.807) is 48.1 Å². The number of hydrogen-bond acceptors (Lipinski definition) is 4. The van der Waals surface area contributed by atoms with Crippen LogP contribution < -0.4 is 10.1 Å². The molecule has 0 saturated heterocycles. The zero-order valence-corrected chi connectivity index (χ0v) is 19.6. The Morgan fingerprint density at radius 3 is 2.44 bits per heavy atom. The number of nitrogens with one attached hydrogen (secondary N) is 1. The van der Waals surface area contributed by atoms with Crippen LogP contribution >= 0.6 is 11.6 Å². The van der Waals surface area contributed by atoms with Crippen LogP contribution in [0.25, 0.3) is 5.69 Å². The van der Waals surface area contributed by atoms with Gasteiger partial charge < -0.3 is 15.0 Å². The van der Waals surface area contributed by atoms with Crippen LogP contribution in [0.2, 0.25) is 5.02 Å². The molecule has 1 N–H and O–H groups in total. The molecule has 168 valence electrons. The van der Waals surface area contributed by atoms with Crippen molar-refractivity contribution in [2.75, 3.05) is 26.0 Å². The molecule has 2 amide bonds. The van der Waals surface area contributed by atoms with Gasteiger partial charge in [0.2, 0.25) is 5.91 Å². The summed E-state index contributed by atoms with van der Waals surface area (Å²) in [7, 11) is 3.12. The predicted octanol–water partition coefficient (Wildman–Crippen LogP) is 4.54. The van der Waals surface area contributed by atoms with E-state index in [4.69, 9.17) is 16.3 Å². The Morgan fingerprint density at radius 1 is 1.12 bits per heavy atom. The van der Waals surface area contributed by atoms with E-state index in [1.807, 2.05) is 39.0 Å². The van der Waals surface area contributed by atoms with E-state index in [0.717, 1.165) is 11.4 Å². The van der Waals surface area contributed by atoms with Crippen LogP contribution in [0, 0.1) is 0 Å². The van der Waals surface area contributed by atoms with Gasteiger partial charge >= 0.3 is 0 Å². The third-order valence-electron chi connectivity index (χ3n) is 4.86. The number of carbonyl (C=O) groups excluding carboxylic acids is 2. The zero-order chi connectivity index (χ0) is 23.5. The average Bonchev–Trinajstić information content (AvgIpc) is 3.17. The molecule has 0 bridgehead atoms. The minimum atomic E-state index is -0.334. The first-order chi connectivity index (χ1) is 15.1. The number of halogens is 1. The highest BCUT2D eigenvalue weighted by Crippen LogP contribution is 2.27. The summed E-state index contributed by atoms with van der Waals surface area (Å²) in [6, 6.07) is 15.9. The Labute approximate surface area is 192 Å². The fraction of sp³-hybridized carbons (Fsp3) is 0.292. The molecule has 0 unspecified atom stereocenters. The second-order valence-electron chi connectivity index (χ2n) is 8.49. The fourth-order valence-corrected chi connectivity index (χ4v) is 3.19. The van der Waals surface area contributed by atoms with Gasteiger partial charge in [0.15, 0.2) is 0 Å². The maximum Gasteiger partial charge on any atom is 0.254 e. The molecular weight excluding hydrogens is 428 g/mol. The summed E-state index contributed by atoms with van der Waals surface area (Å²) in [5, 5.41) is 8.18. The van der Waals surface area contributed by atoms with Crippen molar-refractivity contribution in [3.05, 3.63) is 70.9 Å². The van der Waals surface area contributed by atoms with Crippen LogP contribution in [0.5, 0.6) is 5.75 Å². The average molecular weight is 455 g/mol. The lowest BCUT2D eigenvalue weighted by atomic mass is 9.92. The monoisotopic (exact) mass is 454 g/mol. The summed E-state index contributed by atoms with van der Waals surface area (Å²) in [6.45, 7) is 6.03. The van der Waals surface area contributed by atoms with Gasteiger partial charge in [-0.15, -0.1) is 0 Å². The Morgan fingerprint density at radius 2 is 1.81 bits per heavy atom. The molecule has 0 aliphatic heterocycles. The molecule has 7 nitrogen and oxygen atoms in total. The van der Waals surface area contributed by atoms with Crippen LogP contribution in [-0.4, -0.2) is 47.2 Å². The fourth-order valence-electron chi connectivity index (χ4n) is 3.06. The van der Waals surface area contributed by atoms with E-state index in [-0.39, 0.29) is 23.8 Å². The molecular formula is C24H27ClN4O3. The highest BCUT2D eigenvalue weighted by molar-refractivity contribution is 6.30. The minimum absolute atomic E-state index is 0.118. The molecule has 1 aromatic heterocycles. The van der Waals surface area contributed by atoms with Gasteiger partial charge in [-0.25, -0.2) is 4.68 Å². The van der Waals surface area contributed by atoms with Gasteiger partial charge in [0, 0.05) is 29.1 Å². The smallest absolute Gasteiger partial charge is 0.254 e. The molecule has 0 aliphatic rings. The van der Waals surface area contributed by atoms with Crippen molar-refractivity contribution in [1.29, 1.82) is 0 Å². The standard InChI is InChI=1S/C24H27ClN4O3/c1-24(2,3)20-14-21(29(27-20)18-11-9-17(25)10-12-18)26-22(30)15-28(4)23(31)16-7-6-8-19(13-16)32-5/h6-14H,15H2,1-5H3,(H,26,30). The first kappa shape index (κ1) is 23.3. The van der Waals surface area contributed by atoms with E-state index in [2.05, 4.69) is 10.4 Å². The minimum Gasteiger partial charge on any atom is -0.497 e. The number of ether oxygens (including phenoxy) is 1. The number of nitrogens with zero attached hydrogens (tertiary/aromatic N) is 3. The lowest BCUT2D eigenvalue weighted by Gasteiger charge is -2.17. The number of likely N-dealkylation sites (N-methyl/N-ethyl adjacent to an activating group) is 1. The van der Waals surface area contributed by atoms with Gasteiger partial charge in [0.05, 0.1) is 25.0 Å². The SMILES string of the molecule is COc1cccc(C(=O)N(C)CC(=O)Nc2cc(C(C)(C)C)nn2-c2ccc(Cl)cc2)c1. The zero-order valence-electron chi connectivity index (χ0n) is 18.8. The van der Waals surface area contributed by atoms with E-state index in [1.165, 1.54) is 12.0 Å². The van der Waals surface area contributed by atoms with Crippen LogP contribution in [0.15, 0.2) is 54.6 Å². The lowest BCUT2D eigenvalue weighted by Crippen LogP contribution is -2.35. The van der Waals surface area contributed by atoms with Crippen molar-refractivity contribution in [2.24, 2.45) is 0 Å². The van der Waals surface area contributed by atoms with E-state index >= 15 is 0 Å². The first-order valence-electron chi connectivity index (χ1n) is 10.1. The predicted molar refractivity (Wildman–Crippen MR) is 126 cm³/mol. The number of hydrogen-bond donors (Lipinski definition) is 1. The van der Waals surface area contributed by atoms with Gasteiger partial charge in [-0.1, -0.05) is 38.4 Å². The number of carbonyl (C=O) groups is 2. The Bertz CT molecular complexity index is 1120. The summed E-state index contributed by atoms with van der Waals surface area (Å²) in [4.78, 5) is 26.9. The first-order valence-corrected chi connectivity index (χ1v) is 10.5. The van der Waals surface area contributed by atoms with Crippen LogP contribution in [-0.2, 0) is 10.2 Å². The molecule has 0 aliphatic carbocycles. The number of rotatable bonds is 6. The molecule has 2 aromatic carbocycles. The van der Waals surface area contributed by atoms with Crippen molar-refractivity contribution in [2.45, 2.75) is 26.2 Å². The summed E-state index contributed by atoms with van der Waals surface area (Å²) < 4.78 is 6.83. The summed E-state index contributed by atoms with van der Waals surface area (Å²) >= 11 is 6.01. The maximum absolute atomic E-state index is 12.8. The molecule has 1 heterocycles. The normalized spacial score (nSPS) is 11.2. The molecule has 0 spiro atoms. The van der Waals surface area contributed by atoms with Gasteiger partial charge in [-0.3, -0.25) is 9.59 Å². The Balaban J connectivity index is 1.79. The number of anilines is 1. The summed E-state index contributed by atoms with van der Waals surface area (Å²) in [5.41, 5.74) is 1.82. The second-order valence-corrected chi connectivity index (χ2v) is 8.93. The van der Waals surface area contributed by atoms with Crippen LogP contribution in [0.4, 0.5) is 5.82 Å². The third-order valence-corrected chi connectivity index (χ3v) is 5.11. The van der Waals surface area contributed by atoms with Gasteiger partial charge in [-0.2, -0.15) is 5.10 Å². The van der Waals surface area contributed by atoms with E-state index in [9.17, 15) is 9.59 Å². The molecule has 3 aromatic rings. The third kappa shape index (κ3) is 5.48. The van der Waals surface area contributed by atoms with E-state index < -0.39 is 0 Å². The van der Waals surface area contributed by atoms with Gasteiger partial charge in [0.1, 0.15) is 11.6 Å². The van der Waals surface area contributed by atoms with Crippen LogP contribution in [0.3, 0.4) is 0 Å². The lowest BCUT2D eigenvalue weighted by molar-refractivity contribution is -0.116. The highest BCUT2D eigenvalue weighted by atomic mass is 35.5. The van der Waals surface area contributed by atoms with E-state index in [0.29, 0.717) is 22.2 Å². The van der Waals surface area contributed by atoms with Crippen molar-refractivity contribution < 1.29 is 14.3 Å². The molecule has 0 atom stereocenters. The quantitative estimate of drug-likeness (QED) is 0.593. The number of amides is 2. The molecule has 0 radical (unpaired) electrons. The summed E-state index contributed by atoms with van der Waals surface area (Å²) in [6.07, 6.45) is 0. The number of methoxy groups -OCH3 is 1. The summed E-state index contributed by atoms with van der Waals surface area (Å²) in [5.74, 6) is 0.486. The molecule has 3 rings (SSSR count). The van der Waals surface area contributed by atoms with Gasteiger partial charge in [-0.05, 0) is 42.5 Å². The Hall–Kier alpha value is -3.32. The highest BCUT2D eigenvalue weighted by Gasteiger charge is 2.22. The van der Waals surface area contributed by atoms with Crippen molar-refractivity contribution in [3.8, 4) is 11.4 Å². The molecule has 8 heteroatoms. The van der Waals surface area contributed by atoms with Crippen molar-refractivity contribution in [1.82, 2.24) is 14.7 Å². The molecule has 0 fully saturated rings. The number of aromatic nitrogens is 2. The number of benzene rings is 2. The largest absolute Gasteiger partial charge is 0.497 e. The van der Waals surface area contributed by atoms with Crippen molar-refractivity contribution in [3.63, 3.8) is 0 Å². The maximum atomic E-state index is 12.8. The van der Waals surface area contributed by atoms with Crippen LogP contribution in [0.1, 0.15) is 36.8 Å². The second kappa shape index (κ2) is 9.44. The van der Waals surface area contributed by atoms with Gasteiger partial charge in [0.25, 0.3) is 5.91 Å².